The second-order valence-electron chi connectivity index (χ2n) is 4.33. The maximum atomic E-state index is 12.1. The van der Waals surface area contributed by atoms with Gasteiger partial charge in [0.25, 0.3) is 5.91 Å². The molecule has 0 unspecified atom stereocenters. The summed E-state index contributed by atoms with van der Waals surface area (Å²) in [6.07, 6.45) is 0.930. The highest BCUT2D eigenvalue weighted by molar-refractivity contribution is 5.95. The minimum atomic E-state index is -0.0673. The molecule has 0 saturated carbocycles. The molecule has 1 aromatic heterocycles. The number of amides is 1. The fraction of sp³-hybridized carbons (Fsp3) is 0.357. The van der Waals surface area contributed by atoms with Crippen molar-refractivity contribution in [2.45, 2.75) is 6.42 Å². The molecule has 4 heteroatoms. The molecule has 0 aliphatic carbocycles. The van der Waals surface area contributed by atoms with E-state index in [2.05, 4.69) is 5.32 Å². The maximum absolute atomic E-state index is 12.1. The van der Waals surface area contributed by atoms with Crippen LogP contribution in [-0.4, -0.2) is 38.0 Å². The molecule has 1 heterocycles. The van der Waals surface area contributed by atoms with Crippen molar-refractivity contribution in [3.63, 3.8) is 0 Å². The van der Waals surface area contributed by atoms with Gasteiger partial charge in [0.1, 0.15) is 5.58 Å². The highest BCUT2D eigenvalue weighted by atomic mass is 16.3. The van der Waals surface area contributed by atoms with E-state index >= 15 is 0 Å². The van der Waals surface area contributed by atoms with Crippen molar-refractivity contribution >= 4 is 16.9 Å². The van der Waals surface area contributed by atoms with Crippen molar-refractivity contribution in [3.05, 3.63) is 36.1 Å². The molecule has 1 amide bonds. The Bertz CT molecular complexity index is 500. The van der Waals surface area contributed by atoms with E-state index in [1.807, 2.05) is 31.3 Å². The number of carbonyl (C=O) groups is 1. The van der Waals surface area contributed by atoms with Gasteiger partial charge in [-0.15, -0.1) is 0 Å². The van der Waals surface area contributed by atoms with Gasteiger partial charge in [0.05, 0.1) is 0 Å². The summed E-state index contributed by atoms with van der Waals surface area (Å²) >= 11 is 0. The van der Waals surface area contributed by atoms with Crippen molar-refractivity contribution in [1.29, 1.82) is 0 Å². The van der Waals surface area contributed by atoms with Gasteiger partial charge in [-0.1, -0.05) is 18.2 Å². The van der Waals surface area contributed by atoms with Gasteiger partial charge in [-0.3, -0.25) is 4.79 Å². The second kappa shape index (κ2) is 5.69. The van der Waals surface area contributed by atoms with E-state index in [-0.39, 0.29) is 5.91 Å². The number of rotatable bonds is 5. The number of hydrogen-bond donors (Lipinski definition) is 1. The third kappa shape index (κ3) is 2.71. The standard InChI is InChI=1S/C14H18N2O2/c1-15-8-5-9-16(2)14(17)13-10-11-6-3-4-7-12(11)18-13/h3-4,6-7,10,15H,5,8-9H2,1-2H3. The van der Waals surface area contributed by atoms with Crippen LogP contribution in [0.2, 0.25) is 0 Å². The first-order valence-electron chi connectivity index (χ1n) is 6.11. The van der Waals surface area contributed by atoms with Crippen molar-refractivity contribution in [2.24, 2.45) is 0 Å². The Kier molecular flexibility index (Phi) is 3.99. The van der Waals surface area contributed by atoms with Crippen molar-refractivity contribution in [3.8, 4) is 0 Å². The predicted octanol–water partition coefficient (Wildman–Crippen LogP) is 2.11. The fourth-order valence-electron chi connectivity index (χ4n) is 1.87. The van der Waals surface area contributed by atoms with Crippen LogP contribution in [0.3, 0.4) is 0 Å². The third-order valence-electron chi connectivity index (χ3n) is 2.90. The Morgan fingerprint density at radius 3 is 2.89 bits per heavy atom. The Morgan fingerprint density at radius 1 is 1.39 bits per heavy atom. The molecule has 0 atom stereocenters. The number of hydrogen-bond acceptors (Lipinski definition) is 3. The Morgan fingerprint density at radius 2 is 2.17 bits per heavy atom. The topological polar surface area (TPSA) is 45.5 Å². The molecule has 96 valence electrons. The van der Waals surface area contributed by atoms with Crippen LogP contribution >= 0.6 is 0 Å². The number of nitrogens with zero attached hydrogens (tertiary/aromatic N) is 1. The molecule has 2 aromatic rings. The zero-order valence-electron chi connectivity index (χ0n) is 10.8. The van der Waals surface area contributed by atoms with Gasteiger partial charge >= 0.3 is 0 Å². The lowest BCUT2D eigenvalue weighted by molar-refractivity contribution is 0.0764. The lowest BCUT2D eigenvalue weighted by Crippen LogP contribution is -2.29. The largest absolute Gasteiger partial charge is 0.451 e. The van der Waals surface area contributed by atoms with Gasteiger partial charge in [0, 0.05) is 19.0 Å². The molecule has 18 heavy (non-hydrogen) atoms. The van der Waals surface area contributed by atoms with Crippen LogP contribution in [-0.2, 0) is 0 Å². The second-order valence-corrected chi connectivity index (χ2v) is 4.33. The monoisotopic (exact) mass is 246 g/mol. The summed E-state index contributed by atoms with van der Waals surface area (Å²) in [5, 5.41) is 4.02. The first-order chi connectivity index (χ1) is 8.72. The van der Waals surface area contributed by atoms with Gasteiger partial charge in [-0.05, 0) is 32.1 Å². The number of furan rings is 1. The summed E-state index contributed by atoms with van der Waals surface area (Å²) in [7, 11) is 3.70. The molecule has 0 aliphatic heterocycles. The quantitative estimate of drug-likeness (QED) is 0.822. The minimum Gasteiger partial charge on any atom is -0.451 e. The molecular formula is C14H18N2O2. The summed E-state index contributed by atoms with van der Waals surface area (Å²) in [6, 6.07) is 9.44. The minimum absolute atomic E-state index is 0.0673. The summed E-state index contributed by atoms with van der Waals surface area (Å²) in [6.45, 7) is 1.62. The normalized spacial score (nSPS) is 10.8. The number of para-hydroxylation sites is 1. The number of nitrogens with one attached hydrogen (secondary N) is 1. The van der Waals surface area contributed by atoms with Gasteiger partial charge in [0.2, 0.25) is 0 Å². The number of fused-ring (bicyclic) bond motifs is 1. The lowest BCUT2D eigenvalue weighted by Gasteiger charge is -2.15. The van der Waals surface area contributed by atoms with Gasteiger partial charge in [0.15, 0.2) is 5.76 Å². The van der Waals surface area contributed by atoms with Crippen LogP contribution in [0.5, 0.6) is 0 Å². The molecule has 1 N–H and O–H groups in total. The van der Waals surface area contributed by atoms with E-state index in [4.69, 9.17) is 4.42 Å². The molecule has 0 fully saturated rings. The first-order valence-corrected chi connectivity index (χ1v) is 6.11. The summed E-state index contributed by atoms with van der Waals surface area (Å²) < 4.78 is 5.55. The Labute approximate surface area is 107 Å². The number of benzene rings is 1. The number of carbonyl (C=O) groups excluding carboxylic acids is 1. The predicted molar refractivity (Wildman–Crippen MR) is 71.7 cm³/mol. The molecule has 0 bridgehead atoms. The zero-order valence-corrected chi connectivity index (χ0v) is 10.8. The van der Waals surface area contributed by atoms with Crippen LogP contribution in [0.15, 0.2) is 34.7 Å². The highest BCUT2D eigenvalue weighted by Gasteiger charge is 2.15. The average molecular weight is 246 g/mol. The Hall–Kier alpha value is -1.81. The molecule has 4 nitrogen and oxygen atoms in total. The van der Waals surface area contributed by atoms with Crippen LogP contribution in [0.25, 0.3) is 11.0 Å². The fourth-order valence-corrected chi connectivity index (χ4v) is 1.87. The van der Waals surface area contributed by atoms with Crippen LogP contribution in [0, 0.1) is 0 Å². The smallest absolute Gasteiger partial charge is 0.289 e. The molecule has 0 spiro atoms. The van der Waals surface area contributed by atoms with Crippen molar-refractivity contribution < 1.29 is 9.21 Å². The summed E-state index contributed by atoms with van der Waals surface area (Å²) in [5.41, 5.74) is 0.754. The van der Waals surface area contributed by atoms with Gasteiger partial charge < -0.3 is 14.6 Å². The molecule has 0 aliphatic rings. The first kappa shape index (κ1) is 12.6. The van der Waals surface area contributed by atoms with Crippen LogP contribution in [0.1, 0.15) is 17.0 Å². The van der Waals surface area contributed by atoms with Crippen molar-refractivity contribution in [2.75, 3.05) is 27.2 Å². The zero-order chi connectivity index (χ0) is 13.0. The molecule has 0 radical (unpaired) electrons. The maximum Gasteiger partial charge on any atom is 0.289 e. The van der Waals surface area contributed by atoms with Crippen LogP contribution < -0.4 is 5.32 Å². The van der Waals surface area contributed by atoms with Gasteiger partial charge in [-0.25, -0.2) is 0 Å². The van der Waals surface area contributed by atoms with E-state index in [9.17, 15) is 4.79 Å². The van der Waals surface area contributed by atoms with E-state index in [0.717, 1.165) is 30.5 Å². The summed E-state index contributed by atoms with van der Waals surface area (Å²) in [5.74, 6) is 0.338. The molecule has 0 saturated heterocycles. The molecule has 2 rings (SSSR count). The van der Waals surface area contributed by atoms with Crippen molar-refractivity contribution in [1.82, 2.24) is 10.2 Å². The van der Waals surface area contributed by atoms with Crippen LogP contribution in [0.4, 0.5) is 0 Å². The summed E-state index contributed by atoms with van der Waals surface area (Å²) in [4.78, 5) is 13.8. The lowest BCUT2D eigenvalue weighted by atomic mass is 10.2. The Balaban J connectivity index is 2.08. The van der Waals surface area contributed by atoms with E-state index < -0.39 is 0 Å². The SMILES string of the molecule is CNCCCN(C)C(=O)c1cc2ccccc2o1. The highest BCUT2D eigenvalue weighted by Crippen LogP contribution is 2.19. The van der Waals surface area contributed by atoms with E-state index in [1.54, 1.807) is 18.0 Å². The average Bonchev–Trinajstić information content (AvgIpc) is 2.81. The molecular weight excluding hydrogens is 228 g/mol. The molecule has 1 aromatic carbocycles. The van der Waals surface area contributed by atoms with E-state index in [1.165, 1.54) is 0 Å². The van der Waals surface area contributed by atoms with Gasteiger partial charge in [-0.2, -0.15) is 0 Å². The third-order valence-corrected chi connectivity index (χ3v) is 2.90. The van der Waals surface area contributed by atoms with E-state index in [0.29, 0.717) is 5.76 Å².